The molecule has 0 bridgehead atoms. The van der Waals surface area contributed by atoms with Crippen LogP contribution in [-0.4, -0.2) is 25.5 Å². The Kier molecular flexibility index (Phi) is 5.73. The van der Waals surface area contributed by atoms with Crippen LogP contribution in [0.5, 0.6) is 34.5 Å². The average Bonchev–Trinajstić information content (AvgIpc) is 2.73. The maximum atomic E-state index is 10.4. The molecule has 4 rings (SSSR count). The molecule has 0 aromatic heterocycles. The van der Waals surface area contributed by atoms with Gasteiger partial charge in [-0.3, -0.25) is 0 Å². The van der Waals surface area contributed by atoms with E-state index >= 15 is 0 Å². The third-order valence-electron chi connectivity index (χ3n) is 4.96. The second kappa shape index (κ2) is 7.90. The number of hydrogen-bond donors (Lipinski definition) is 5. The number of halogens is 4. The van der Waals surface area contributed by atoms with E-state index in [4.69, 9.17) is 4.74 Å². The van der Waals surface area contributed by atoms with Crippen LogP contribution in [-0.2, 0) is 6.61 Å². The monoisotopic (exact) mass is 664 g/mol. The van der Waals surface area contributed by atoms with Gasteiger partial charge in [0.2, 0.25) is 11.5 Å². The number of aliphatic hydroxyl groups excluding tert-OH is 1. The number of aromatic hydroxyl groups is 4. The molecule has 30 heavy (non-hydrogen) atoms. The molecule has 1 aliphatic rings. The Balaban J connectivity index is 2.15. The second-order valence-electron chi connectivity index (χ2n) is 6.54. The summed E-state index contributed by atoms with van der Waals surface area (Å²) in [5.74, 6) is -2.52. The van der Waals surface area contributed by atoms with Crippen LogP contribution in [0.1, 0.15) is 28.2 Å². The van der Waals surface area contributed by atoms with E-state index in [2.05, 4.69) is 63.7 Å². The van der Waals surface area contributed by atoms with E-state index in [0.29, 0.717) is 40.1 Å². The van der Waals surface area contributed by atoms with Crippen molar-refractivity contribution >= 4 is 63.7 Å². The molecule has 6 nitrogen and oxygen atoms in total. The van der Waals surface area contributed by atoms with E-state index in [-0.39, 0.29) is 18.1 Å². The molecule has 0 atom stereocenters. The van der Waals surface area contributed by atoms with Crippen molar-refractivity contribution in [3.05, 3.63) is 64.4 Å². The number of ether oxygens (including phenoxy) is 1. The summed E-state index contributed by atoms with van der Waals surface area (Å²) in [7, 11) is 0. The summed E-state index contributed by atoms with van der Waals surface area (Å²) in [4.78, 5) is 0. The van der Waals surface area contributed by atoms with E-state index in [1.54, 1.807) is 12.1 Å². The molecule has 1 heterocycles. The third kappa shape index (κ3) is 3.12. The normalized spacial score (nSPS) is 13.0. The predicted octanol–water partition coefficient (Wildman–Crippen LogP) is 6.34. The number of hydrogen-bond acceptors (Lipinski definition) is 6. The van der Waals surface area contributed by atoms with Crippen LogP contribution in [0, 0.1) is 0 Å². The highest BCUT2D eigenvalue weighted by molar-refractivity contribution is 9.15. The summed E-state index contributed by atoms with van der Waals surface area (Å²) in [5.41, 5.74) is 2.19. The van der Waals surface area contributed by atoms with Gasteiger partial charge >= 0.3 is 0 Å². The summed E-state index contributed by atoms with van der Waals surface area (Å²) in [5, 5.41) is 51.0. The first kappa shape index (κ1) is 21.8. The summed E-state index contributed by atoms with van der Waals surface area (Å²) in [6, 6.07) is 5.87. The standard InChI is InChI=1S/C20H12Br4O6/c21-13-8(5-25)12(14(22)16(24)15(13)23)11-6-1-3-9(26)17(28)19(6)30-20-7(11)2-4-10(27)18(20)29/h1-4,11,25-29H,5H2. The highest BCUT2D eigenvalue weighted by Crippen LogP contribution is 2.59. The van der Waals surface area contributed by atoms with Crippen LogP contribution in [0.2, 0.25) is 0 Å². The lowest BCUT2D eigenvalue weighted by Crippen LogP contribution is -2.15. The number of phenolic OH excluding ortho intramolecular Hbond substituents is 4. The highest BCUT2D eigenvalue weighted by atomic mass is 79.9. The van der Waals surface area contributed by atoms with Gasteiger partial charge < -0.3 is 30.3 Å². The molecule has 0 amide bonds. The third-order valence-corrected chi connectivity index (χ3v) is 9.84. The minimum Gasteiger partial charge on any atom is -0.504 e. The highest BCUT2D eigenvalue weighted by Gasteiger charge is 2.37. The number of aliphatic hydroxyl groups is 1. The fourth-order valence-corrected chi connectivity index (χ4v) is 6.14. The maximum Gasteiger partial charge on any atom is 0.201 e. The van der Waals surface area contributed by atoms with Gasteiger partial charge in [0.25, 0.3) is 0 Å². The Bertz CT molecular complexity index is 1150. The van der Waals surface area contributed by atoms with Crippen LogP contribution in [0.3, 0.4) is 0 Å². The van der Waals surface area contributed by atoms with Gasteiger partial charge in [0.1, 0.15) is 0 Å². The molecule has 0 unspecified atom stereocenters. The molecule has 10 heteroatoms. The lowest BCUT2D eigenvalue weighted by Gasteiger charge is -2.32. The maximum absolute atomic E-state index is 10.4. The Morgan fingerprint density at radius 1 is 0.700 bits per heavy atom. The first-order valence-corrected chi connectivity index (χ1v) is 11.6. The molecule has 156 valence electrons. The molecule has 0 radical (unpaired) electrons. The lowest BCUT2D eigenvalue weighted by molar-refractivity contribution is 0.279. The Morgan fingerprint density at radius 2 is 1.17 bits per heavy atom. The van der Waals surface area contributed by atoms with Crippen LogP contribution in [0.25, 0.3) is 0 Å². The number of phenols is 4. The van der Waals surface area contributed by atoms with Gasteiger partial charge in [-0.1, -0.05) is 12.1 Å². The zero-order valence-electron chi connectivity index (χ0n) is 14.8. The molecular weight excluding hydrogens is 656 g/mol. The Hall–Kier alpha value is -1.46. The average molecular weight is 668 g/mol. The van der Waals surface area contributed by atoms with E-state index in [1.807, 2.05) is 0 Å². The van der Waals surface area contributed by atoms with Crippen LogP contribution < -0.4 is 4.74 Å². The molecule has 0 saturated carbocycles. The van der Waals surface area contributed by atoms with Crippen LogP contribution >= 0.6 is 63.7 Å². The number of fused-ring (bicyclic) bond motifs is 2. The second-order valence-corrected chi connectivity index (χ2v) is 9.72. The smallest absolute Gasteiger partial charge is 0.201 e. The molecule has 5 N–H and O–H groups in total. The molecule has 0 saturated heterocycles. The molecule has 0 spiro atoms. The van der Waals surface area contributed by atoms with Crippen LogP contribution in [0.4, 0.5) is 0 Å². The van der Waals surface area contributed by atoms with Crippen molar-refractivity contribution < 1.29 is 30.3 Å². The van der Waals surface area contributed by atoms with Gasteiger partial charge in [-0.25, -0.2) is 0 Å². The molecule has 3 aromatic rings. The van der Waals surface area contributed by atoms with Gasteiger partial charge in [-0.2, -0.15) is 0 Å². The lowest BCUT2D eigenvalue weighted by atomic mass is 9.80. The van der Waals surface area contributed by atoms with Gasteiger partial charge in [0.05, 0.1) is 6.61 Å². The first-order chi connectivity index (χ1) is 14.2. The Labute approximate surface area is 204 Å². The molecular formula is C20H12Br4O6. The quantitative estimate of drug-likeness (QED) is 0.0971. The largest absolute Gasteiger partial charge is 0.504 e. The summed E-state index contributed by atoms with van der Waals surface area (Å²) in [6.07, 6.45) is 0. The van der Waals surface area contributed by atoms with E-state index < -0.39 is 28.9 Å². The Morgan fingerprint density at radius 3 is 1.63 bits per heavy atom. The SMILES string of the molecule is OCc1c(Br)c(Br)c(Br)c(Br)c1C1c2ccc(O)c(O)c2Oc2c1ccc(O)c2O. The fourth-order valence-electron chi connectivity index (χ4n) is 3.55. The topological polar surface area (TPSA) is 110 Å². The summed E-state index contributed by atoms with van der Waals surface area (Å²) < 4.78 is 8.34. The van der Waals surface area contributed by atoms with Gasteiger partial charge in [0, 0.05) is 34.9 Å². The van der Waals surface area contributed by atoms with Crippen molar-refractivity contribution in [3.63, 3.8) is 0 Å². The molecule has 3 aromatic carbocycles. The van der Waals surface area contributed by atoms with Gasteiger partial charge in [0.15, 0.2) is 23.0 Å². The fraction of sp³-hybridized carbons (Fsp3) is 0.100. The number of rotatable bonds is 2. The van der Waals surface area contributed by atoms with E-state index in [9.17, 15) is 25.5 Å². The van der Waals surface area contributed by atoms with Crippen molar-refractivity contribution in [1.82, 2.24) is 0 Å². The van der Waals surface area contributed by atoms with Gasteiger partial charge in [-0.05, 0) is 87.0 Å². The number of benzene rings is 3. The molecule has 0 aliphatic carbocycles. The minimum absolute atomic E-state index is 0.0562. The first-order valence-electron chi connectivity index (χ1n) is 8.42. The summed E-state index contributed by atoms with van der Waals surface area (Å²) in [6.45, 7) is -0.309. The zero-order valence-corrected chi connectivity index (χ0v) is 21.1. The van der Waals surface area contributed by atoms with E-state index in [1.165, 1.54) is 12.1 Å². The minimum atomic E-state index is -0.626. The van der Waals surface area contributed by atoms with Crippen molar-refractivity contribution in [2.75, 3.05) is 0 Å². The van der Waals surface area contributed by atoms with Crippen LogP contribution in [0.15, 0.2) is 42.2 Å². The van der Waals surface area contributed by atoms with Crippen molar-refractivity contribution in [2.45, 2.75) is 12.5 Å². The van der Waals surface area contributed by atoms with Crippen molar-refractivity contribution in [2.24, 2.45) is 0 Å². The predicted molar refractivity (Wildman–Crippen MR) is 124 cm³/mol. The molecule has 0 fully saturated rings. The summed E-state index contributed by atoms with van der Waals surface area (Å²) >= 11 is 14.1. The van der Waals surface area contributed by atoms with Gasteiger partial charge in [-0.15, -0.1) is 0 Å². The zero-order chi connectivity index (χ0) is 21.9. The van der Waals surface area contributed by atoms with E-state index in [0.717, 1.165) is 0 Å². The van der Waals surface area contributed by atoms with Crippen molar-refractivity contribution in [1.29, 1.82) is 0 Å². The van der Waals surface area contributed by atoms with Crippen molar-refractivity contribution in [3.8, 4) is 34.5 Å². The molecule has 1 aliphatic heterocycles.